The van der Waals surface area contributed by atoms with Gasteiger partial charge in [0.15, 0.2) is 11.5 Å². The fraction of sp³-hybridized carbons (Fsp3) is 0.185. The zero-order valence-electron chi connectivity index (χ0n) is 20.2. The van der Waals surface area contributed by atoms with Crippen molar-refractivity contribution in [2.75, 3.05) is 21.3 Å². The molecule has 9 heteroatoms. The largest absolute Gasteiger partial charge is 0.497 e. The van der Waals surface area contributed by atoms with Gasteiger partial charge in [-0.2, -0.15) is 0 Å². The van der Waals surface area contributed by atoms with Gasteiger partial charge in [-0.1, -0.05) is 12.1 Å². The minimum atomic E-state index is -0.570. The number of aromatic nitrogens is 3. The van der Waals surface area contributed by atoms with Gasteiger partial charge in [0.05, 0.1) is 44.6 Å². The molecule has 2 aromatic heterocycles. The first-order valence-electron chi connectivity index (χ1n) is 11.2. The molecule has 5 aromatic rings. The molecule has 0 amide bonds. The quantitative estimate of drug-likeness (QED) is 0.362. The summed E-state index contributed by atoms with van der Waals surface area (Å²) in [5.41, 5.74) is 1.36. The highest BCUT2D eigenvalue weighted by atomic mass is 19.1. The maximum absolute atomic E-state index is 14.0. The molecule has 0 aliphatic carbocycles. The highest BCUT2D eigenvalue weighted by Gasteiger charge is 2.22. The summed E-state index contributed by atoms with van der Waals surface area (Å²) in [4.78, 5) is 27.8. The summed E-state index contributed by atoms with van der Waals surface area (Å²) in [6, 6.07) is 16.3. The van der Waals surface area contributed by atoms with Crippen LogP contribution >= 0.6 is 0 Å². The predicted molar refractivity (Wildman–Crippen MR) is 135 cm³/mol. The summed E-state index contributed by atoms with van der Waals surface area (Å²) in [6.45, 7) is 0.0526. The fourth-order valence-electron chi connectivity index (χ4n) is 4.61. The second-order valence-electron chi connectivity index (χ2n) is 8.32. The van der Waals surface area contributed by atoms with E-state index in [0.717, 1.165) is 10.1 Å². The van der Waals surface area contributed by atoms with Crippen molar-refractivity contribution in [1.29, 1.82) is 0 Å². The molecule has 36 heavy (non-hydrogen) atoms. The standard InChI is InChI=1S/C27H24FN3O5/c1-29-21-10-9-19(34-2)14-20(21)24-25(29)26(32)31(18-8-11-22(35-3)23(13-18)36-4)27(33)30(24)15-16-6-5-7-17(28)12-16/h5-14H,15H2,1-4H3. The van der Waals surface area contributed by atoms with Crippen molar-refractivity contribution in [3.63, 3.8) is 0 Å². The Balaban J connectivity index is 1.91. The first kappa shape index (κ1) is 23.2. The van der Waals surface area contributed by atoms with E-state index in [1.165, 1.54) is 30.9 Å². The van der Waals surface area contributed by atoms with Crippen LogP contribution in [0.1, 0.15) is 5.56 Å². The maximum Gasteiger partial charge on any atom is 0.336 e. The SMILES string of the molecule is COc1ccc2c(c1)c1c(c(=O)n(-c3ccc(OC)c(OC)c3)c(=O)n1Cc1cccc(F)c1)n2C. The molecule has 8 nitrogen and oxygen atoms in total. The lowest BCUT2D eigenvalue weighted by molar-refractivity contribution is 0.355. The van der Waals surface area contributed by atoms with Crippen molar-refractivity contribution >= 4 is 21.9 Å². The Bertz CT molecular complexity index is 1750. The number of methoxy groups -OCH3 is 3. The molecule has 0 saturated heterocycles. The number of hydrogen-bond donors (Lipinski definition) is 0. The Hall–Kier alpha value is -4.53. The van der Waals surface area contributed by atoms with Crippen LogP contribution in [0.5, 0.6) is 17.2 Å². The van der Waals surface area contributed by atoms with E-state index in [4.69, 9.17) is 14.2 Å². The molecule has 184 valence electrons. The van der Waals surface area contributed by atoms with E-state index in [9.17, 15) is 14.0 Å². The van der Waals surface area contributed by atoms with Crippen molar-refractivity contribution in [1.82, 2.24) is 13.7 Å². The van der Waals surface area contributed by atoms with E-state index >= 15 is 0 Å². The van der Waals surface area contributed by atoms with E-state index in [-0.39, 0.29) is 6.54 Å². The summed E-state index contributed by atoms with van der Waals surface area (Å²) < 4.78 is 34.5. The smallest absolute Gasteiger partial charge is 0.336 e. The van der Waals surface area contributed by atoms with Crippen LogP contribution in [0, 0.1) is 5.82 Å². The van der Waals surface area contributed by atoms with Crippen LogP contribution in [0.25, 0.3) is 27.6 Å². The lowest BCUT2D eigenvalue weighted by Gasteiger charge is -2.15. The average molecular weight is 490 g/mol. The van der Waals surface area contributed by atoms with Gasteiger partial charge in [0.1, 0.15) is 17.1 Å². The average Bonchev–Trinajstić information content (AvgIpc) is 3.18. The Labute approximate surface area is 205 Å². The van der Waals surface area contributed by atoms with E-state index in [2.05, 4.69) is 0 Å². The van der Waals surface area contributed by atoms with Crippen LogP contribution in [0.4, 0.5) is 4.39 Å². The molecule has 0 aliphatic heterocycles. The van der Waals surface area contributed by atoms with Gasteiger partial charge in [-0.3, -0.25) is 9.36 Å². The summed E-state index contributed by atoms with van der Waals surface area (Å²) in [5, 5.41) is 0.678. The molecule has 3 aromatic carbocycles. The molecule has 0 radical (unpaired) electrons. The van der Waals surface area contributed by atoms with Gasteiger partial charge in [0.2, 0.25) is 0 Å². The van der Waals surface area contributed by atoms with Crippen LogP contribution in [0.3, 0.4) is 0 Å². The minimum Gasteiger partial charge on any atom is -0.497 e. The topological polar surface area (TPSA) is 76.6 Å². The van der Waals surface area contributed by atoms with Crippen molar-refractivity contribution in [3.05, 3.63) is 92.9 Å². The number of nitrogens with zero attached hydrogens (tertiary/aromatic N) is 3. The van der Waals surface area contributed by atoms with Gasteiger partial charge in [0, 0.05) is 18.5 Å². The predicted octanol–water partition coefficient (Wildman–Crippen LogP) is 3.86. The monoisotopic (exact) mass is 489 g/mol. The normalized spacial score (nSPS) is 11.2. The number of rotatable bonds is 6. The summed E-state index contributed by atoms with van der Waals surface area (Å²) in [7, 11) is 6.31. The molecule has 0 atom stereocenters. The van der Waals surface area contributed by atoms with Crippen molar-refractivity contribution in [3.8, 4) is 22.9 Å². The first-order chi connectivity index (χ1) is 17.4. The molecule has 0 fully saturated rings. The van der Waals surface area contributed by atoms with Crippen molar-refractivity contribution < 1.29 is 18.6 Å². The van der Waals surface area contributed by atoms with Gasteiger partial charge in [0.25, 0.3) is 5.56 Å². The number of benzene rings is 3. The Morgan fingerprint density at radius 1 is 0.833 bits per heavy atom. The highest BCUT2D eigenvalue weighted by molar-refractivity contribution is 6.06. The zero-order valence-corrected chi connectivity index (χ0v) is 20.2. The number of aryl methyl sites for hydroxylation is 1. The van der Waals surface area contributed by atoms with Gasteiger partial charge in [-0.05, 0) is 48.0 Å². The van der Waals surface area contributed by atoms with E-state index in [0.29, 0.717) is 44.9 Å². The zero-order chi connectivity index (χ0) is 25.6. The van der Waals surface area contributed by atoms with Crippen LogP contribution in [-0.4, -0.2) is 35.0 Å². The summed E-state index contributed by atoms with van der Waals surface area (Å²) in [6.07, 6.45) is 0. The van der Waals surface area contributed by atoms with Gasteiger partial charge >= 0.3 is 5.69 Å². The number of ether oxygens (including phenoxy) is 3. The molecule has 0 unspecified atom stereocenters. The lowest BCUT2D eigenvalue weighted by Crippen LogP contribution is -2.39. The number of halogens is 1. The molecule has 0 aliphatic rings. The van der Waals surface area contributed by atoms with E-state index in [1.54, 1.807) is 61.2 Å². The Kier molecular flexibility index (Phi) is 5.75. The Morgan fingerprint density at radius 2 is 1.61 bits per heavy atom. The molecule has 0 N–H and O–H groups in total. The summed E-state index contributed by atoms with van der Waals surface area (Å²) in [5.74, 6) is 1.01. The lowest BCUT2D eigenvalue weighted by atomic mass is 10.2. The molecule has 2 heterocycles. The van der Waals surface area contributed by atoms with Crippen LogP contribution in [0.15, 0.2) is 70.3 Å². The summed E-state index contributed by atoms with van der Waals surface area (Å²) >= 11 is 0. The second kappa shape index (κ2) is 8.92. The molecule has 0 bridgehead atoms. The van der Waals surface area contributed by atoms with Crippen molar-refractivity contribution in [2.45, 2.75) is 6.54 Å². The molecule has 0 saturated carbocycles. The van der Waals surface area contributed by atoms with Gasteiger partial charge < -0.3 is 18.8 Å². The van der Waals surface area contributed by atoms with Gasteiger partial charge in [-0.25, -0.2) is 13.8 Å². The van der Waals surface area contributed by atoms with Crippen LogP contribution in [0.2, 0.25) is 0 Å². The maximum atomic E-state index is 14.0. The number of hydrogen-bond acceptors (Lipinski definition) is 5. The van der Waals surface area contributed by atoms with E-state index < -0.39 is 17.1 Å². The molecule has 0 spiro atoms. The van der Waals surface area contributed by atoms with E-state index in [1.807, 2.05) is 6.07 Å². The molecular formula is C27H24FN3O5. The fourth-order valence-corrected chi connectivity index (χ4v) is 4.61. The second-order valence-corrected chi connectivity index (χ2v) is 8.32. The van der Waals surface area contributed by atoms with Crippen LogP contribution < -0.4 is 25.5 Å². The third-order valence-corrected chi connectivity index (χ3v) is 6.33. The minimum absolute atomic E-state index is 0.0526. The Morgan fingerprint density at radius 3 is 2.31 bits per heavy atom. The third-order valence-electron chi connectivity index (χ3n) is 6.33. The molecular weight excluding hydrogens is 465 g/mol. The van der Waals surface area contributed by atoms with Crippen molar-refractivity contribution in [2.24, 2.45) is 7.05 Å². The highest BCUT2D eigenvalue weighted by Crippen LogP contribution is 2.31. The number of fused-ring (bicyclic) bond motifs is 3. The van der Waals surface area contributed by atoms with Crippen LogP contribution in [-0.2, 0) is 13.6 Å². The third kappa shape index (κ3) is 3.60. The first-order valence-corrected chi connectivity index (χ1v) is 11.2. The van der Waals surface area contributed by atoms with Gasteiger partial charge in [-0.15, -0.1) is 0 Å². The molecule has 5 rings (SSSR count).